The Balaban J connectivity index is 1.93. The second-order valence-corrected chi connectivity index (χ2v) is 6.85. The number of aryl methyl sites for hydroxylation is 1. The summed E-state index contributed by atoms with van der Waals surface area (Å²) in [6.45, 7) is 0.924. The van der Waals surface area contributed by atoms with E-state index in [4.69, 9.17) is 11.6 Å². The third-order valence-electron chi connectivity index (χ3n) is 4.80. The first-order chi connectivity index (χ1) is 12.1. The van der Waals surface area contributed by atoms with Gasteiger partial charge in [0.2, 0.25) is 0 Å². The van der Waals surface area contributed by atoms with E-state index >= 15 is 0 Å². The third kappa shape index (κ3) is 2.96. The largest absolute Gasteiger partial charge is 0.478 e. The number of carboxylic acid groups (broad SMARTS) is 1. The number of fused-ring (bicyclic) bond motifs is 3. The highest BCUT2D eigenvalue weighted by atomic mass is 35.5. The molecule has 0 aliphatic carbocycles. The molecule has 0 radical (unpaired) electrons. The summed E-state index contributed by atoms with van der Waals surface area (Å²) in [6, 6.07) is 16.2. The van der Waals surface area contributed by atoms with Crippen LogP contribution in [0.15, 0.2) is 54.6 Å². The molecule has 25 heavy (non-hydrogen) atoms. The van der Waals surface area contributed by atoms with E-state index in [1.165, 1.54) is 28.1 Å². The van der Waals surface area contributed by atoms with Gasteiger partial charge in [0.05, 0.1) is 0 Å². The normalized spacial score (nSPS) is 15.5. The number of halogens is 1. The highest BCUT2D eigenvalue weighted by Gasteiger charge is 2.23. The number of benzene rings is 2. The predicted octanol–water partition coefficient (Wildman–Crippen LogP) is 5.15. The molecule has 0 amide bonds. The van der Waals surface area contributed by atoms with E-state index in [0.717, 1.165) is 42.1 Å². The molecule has 0 bridgehead atoms. The topological polar surface area (TPSA) is 42.2 Å². The number of hydrogen-bond donors (Lipinski definition) is 1. The van der Waals surface area contributed by atoms with Gasteiger partial charge in [0.1, 0.15) is 0 Å². The van der Waals surface area contributed by atoms with Crippen LogP contribution in [-0.4, -0.2) is 15.6 Å². The predicted molar refractivity (Wildman–Crippen MR) is 101 cm³/mol. The van der Waals surface area contributed by atoms with E-state index in [9.17, 15) is 9.90 Å². The molecule has 4 heteroatoms. The Labute approximate surface area is 151 Å². The molecule has 0 fully saturated rings. The van der Waals surface area contributed by atoms with Crippen LogP contribution in [0.4, 0.5) is 0 Å². The molecule has 1 aromatic heterocycles. The first kappa shape index (κ1) is 16.0. The number of carboxylic acids is 1. The molecule has 1 N–H and O–H groups in total. The summed E-state index contributed by atoms with van der Waals surface area (Å²) in [6.07, 6.45) is 3.90. The van der Waals surface area contributed by atoms with Crippen LogP contribution in [0.5, 0.6) is 0 Å². The summed E-state index contributed by atoms with van der Waals surface area (Å²) in [7, 11) is 0. The highest BCUT2D eigenvalue weighted by molar-refractivity contribution is 6.30. The maximum atomic E-state index is 11.3. The standard InChI is InChI=1S/C21H18ClNO2/c22-16-9-7-14(8-10-16)12-18-17-5-1-2-6-19(17)23-11-3-4-15(21(18)23)13-20(24)25/h1-2,5-10,13H,3-4,11-12H2,(H,24,25)/b15-13-. The van der Waals surface area contributed by atoms with E-state index in [1.807, 2.05) is 36.4 Å². The van der Waals surface area contributed by atoms with Crippen LogP contribution in [0.3, 0.4) is 0 Å². The first-order valence-corrected chi connectivity index (χ1v) is 8.79. The number of para-hydroxylation sites is 1. The molecule has 3 nitrogen and oxygen atoms in total. The van der Waals surface area contributed by atoms with Crippen molar-refractivity contribution in [3.63, 3.8) is 0 Å². The van der Waals surface area contributed by atoms with Gasteiger partial charge >= 0.3 is 5.97 Å². The minimum atomic E-state index is -0.883. The molecule has 3 aromatic rings. The van der Waals surface area contributed by atoms with Crippen molar-refractivity contribution in [3.05, 3.63) is 76.5 Å². The van der Waals surface area contributed by atoms with E-state index in [-0.39, 0.29) is 0 Å². The van der Waals surface area contributed by atoms with Crippen molar-refractivity contribution >= 4 is 34.0 Å². The van der Waals surface area contributed by atoms with Crippen molar-refractivity contribution < 1.29 is 9.90 Å². The lowest BCUT2D eigenvalue weighted by atomic mass is 9.95. The molecule has 0 saturated carbocycles. The Morgan fingerprint density at radius 2 is 1.92 bits per heavy atom. The number of hydrogen-bond acceptors (Lipinski definition) is 1. The van der Waals surface area contributed by atoms with Gasteiger partial charge in [0, 0.05) is 40.7 Å². The van der Waals surface area contributed by atoms with Crippen LogP contribution in [0.2, 0.25) is 5.02 Å². The van der Waals surface area contributed by atoms with Crippen LogP contribution in [0, 0.1) is 0 Å². The van der Waals surface area contributed by atoms with Gasteiger partial charge in [-0.05, 0) is 47.7 Å². The van der Waals surface area contributed by atoms with Crippen molar-refractivity contribution in [2.24, 2.45) is 0 Å². The van der Waals surface area contributed by atoms with Crippen molar-refractivity contribution in [1.82, 2.24) is 4.57 Å². The molecule has 0 atom stereocenters. The quantitative estimate of drug-likeness (QED) is 0.663. The number of aliphatic carboxylic acids is 1. The zero-order valence-electron chi connectivity index (χ0n) is 13.7. The summed E-state index contributed by atoms with van der Waals surface area (Å²) in [5.74, 6) is -0.883. The maximum absolute atomic E-state index is 11.3. The molecule has 2 heterocycles. The number of allylic oxidation sites excluding steroid dienone is 1. The van der Waals surface area contributed by atoms with Crippen molar-refractivity contribution in [2.75, 3.05) is 0 Å². The molecular weight excluding hydrogens is 334 g/mol. The average molecular weight is 352 g/mol. The molecule has 0 unspecified atom stereocenters. The van der Waals surface area contributed by atoms with Gasteiger partial charge in [-0.2, -0.15) is 0 Å². The number of rotatable bonds is 3. The van der Waals surface area contributed by atoms with Crippen LogP contribution in [0.25, 0.3) is 16.5 Å². The molecular formula is C21H18ClNO2. The van der Waals surface area contributed by atoms with Gasteiger partial charge in [-0.25, -0.2) is 4.79 Å². The summed E-state index contributed by atoms with van der Waals surface area (Å²) in [5.41, 5.74) is 5.54. The SMILES string of the molecule is O=C(O)/C=C1/CCCn2c1c(Cc1ccc(Cl)cc1)c1ccccc12. The Hall–Kier alpha value is -2.52. The van der Waals surface area contributed by atoms with Gasteiger partial charge in [0.25, 0.3) is 0 Å². The molecule has 0 spiro atoms. The average Bonchev–Trinajstić information content (AvgIpc) is 2.92. The lowest BCUT2D eigenvalue weighted by molar-refractivity contribution is -0.131. The van der Waals surface area contributed by atoms with Crippen LogP contribution >= 0.6 is 11.6 Å². The summed E-state index contributed by atoms with van der Waals surface area (Å²) >= 11 is 6.01. The Morgan fingerprint density at radius 3 is 2.68 bits per heavy atom. The summed E-state index contributed by atoms with van der Waals surface area (Å²) in [5, 5.41) is 11.2. The number of aromatic nitrogens is 1. The Morgan fingerprint density at radius 1 is 1.16 bits per heavy atom. The Kier molecular flexibility index (Phi) is 4.10. The molecule has 126 valence electrons. The smallest absolute Gasteiger partial charge is 0.328 e. The van der Waals surface area contributed by atoms with Crippen LogP contribution < -0.4 is 0 Å². The second-order valence-electron chi connectivity index (χ2n) is 6.41. The zero-order valence-corrected chi connectivity index (χ0v) is 14.5. The van der Waals surface area contributed by atoms with Crippen LogP contribution in [0.1, 0.15) is 29.7 Å². The maximum Gasteiger partial charge on any atom is 0.328 e. The van der Waals surface area contributed by atoms with Crippen molar-refractivity contribution in [2.45, 2.75) is 25.8 Å². The highest BCUT2D eigenvalue weighted by Crippen LogP contribution is 2.37. The second kappa shape index (κ2) is 6.41. The fourth-order valence-electron chi connectivity index (χ4n) is 3.80. The molecule has 1 aliphatic heterocycles. The first-order valence-electron chi connectivity index (χ1n) is 8.42. The zero-order chi connectivity index (χ0) is 17.4. The number of carbonyl (C=O) groups is 1. The van der Waals surface area contributed by atoms with Crippen LogP contribution in [-0.2, 0) is 17.8 Å². The van der Waals surface area contributed by atoms with E-state index in [2.05, 4.69) is 16.7 Å². The summed E-state index contributed by atoms with van der Waals surface area (Å²) in [4.78, 5) is 11.3. The van der Waals surface area contributed by atoms with E-state index in [0.29, 0.717) is 0 Å². The lowest BCUT2D eigenvalue weighted by Gasteiger charge is -2.20. The van der Waals surface area contributed by atoms with Gasteiger partial charge in [-0.1, -0.05) is 41.9 Å². The van der Waals surface area contributed by atoms with Crippen molar-refractivity contribution in [3.8, 4) is 0 Å². The van der Waals surface area contributed by atoms with Gasteiger partial charge in [-0.3, -0.25) is 0 Å². The third-order valence-corrected chi connectivity index (χ3v) is 5.05. The summed E-state index contributed by atoms with van der Waals surface area (Å²) < 4.78 is 2.28. The van der Waals surface area contributed by atoms with E-state index in [1.54, 1.807) is 0 Å². The van der Waals surface area contributed by atoms with Crippen molar-refractivity contribution in [1.29, 1.82) is 0 Å². The molecule has 0 saturated heterocycles. The minimum absolute atomic E-state index is 0.721. The van der Waals surface area contributed by atoms with Gasteiger partial charge < -0.3 is 9.67 Å². The molecule has 2 aromatic carbocycles. The fourth-order valence-corrected chi connectivity index (χ4v) is 3.92. The monoisotopic (exact) mass is 351 g/mol. The van der Waals surface area contributed by atoms with Gasteiger partial charge in [0.15, 0.2) is 0 Å². The Bertz CT molecular complexity index is 983. The number of nitrogens with zero attached hydrogens (tertiary/aromatic N) is 1. The fraction of sp³-hybridized carbons (Fsp3) is 0.190. The molecule has 1 aliphatic rings. The van der Waals surface area contributed by atoms with E-state index < -0.39 is 5.97 Å². The lowest BCUT2D eigenvalue weighted by Crippen LogP contribution is -2.11. The molecule has 4 rings (SSSR count). The van der Waals surface area contributed by atoms with Gasteiger partial charge in [-0.15, -0.1) is 0 Å². The minimum Gasteiger partial charge on any atom is -0.478 e.